The molecule has 8 rings (SSSR count). The van der Waals surface area contributed by atoms with Gasteiger partial charge in [0.1, 0.15) is 0 Å². The number of benzene rings is 5. The highest BCUT2D eigenvalue weighted by Crippen LogP contribution is 2.54. The summed E-state index contributed by atoms with van der Waals surface area (Å²) in [5.74, 6) is 4.33. The molecule has 6 aromatic rings. The van der Waals surface area contributed by atoms with E-state index in [1.807, 2.05) is 48.5 Å². The first-order valence-electron chi connectivity index (χ1n) is 17.6. The fourth-order valence-corrected chi connectivity index (χ4v) is 9.01. The van der Waals surface area contributed by atoms with Crippen molar-refractivity contribution in [3.8, 4) is 62.5 Å². The van der Waals surface area contributed by atoms with E-state index in [2.05, 4.69) is 98.8 Å². The van der Waals surface area contributed by atoms with Crippen LogP contribution in [0, 0.1) is 29.1 Å². The molecule has 240 valence electrons. The quantitative estimate of drug-likeness (QED) is 0.182. The van der Waals surface area contributed by atoms with E-state index in [1.54, 1.807) is 0 Å². The van der Waals surface area contributed by atoms with Crippen molar-refractivity contribution in [1.29, 1.82) is 5.26 Å². The van der Waals surface area contributed by atoms with Crippen molar-refractivity contribution in [2.24, 2.45) is 17.8 Å². The number of nitriles is 1. The Kier molecular flexibility index (Phi) is 8.14. The normalized spacial score (nSPS) is 21.5. The second-order valence-electron chi connectivity index (χ2n) is 14.5. The zero-order valence-corrected chi connectivity index (χ0v) is 28.2. The van der Waals surface area contributed by atoms with E-state index >= 15 is 0 Å². The molecule has 4 heteroatoms. The minimum Gasteiger partial charge on any atom is -0.208 e. The molecule has 2 aliphatic carbocycles. The summed E-state index contributed by atoms with van der Waals surface area (Å²) in [6.45, 7) is 4.89. The van der Waals surface area contributed by atoms with Gasteiger partial charge in [0.2, 0.25) is 0 Å². The smallest absolute Gasteiger partial charge is 0.164 e. The van der Waals surface area contributed by atoms with E-state index in [9.17, 15) is 5.26 Å². The first-order chi connectivity index (χ1) is 24.0. The minimum atomic E-state index is 0.275. The molecule has 2 aliphatic rings. The van der Waals surface area contributed by atoms with E-state index < -0.39 is 0 Å². The molecule has 0 spiro atoms. The summed E-state index contributed by atoms with van der Waals surface area (Å²) in [4.78, 5) is 15.3. The Morgan fingerprint density at radius 2 is 1.06 bits per heavy atom. The van der Waals surface area contributed by atoms with Crippen LogP contribution in [0.1, 0.15) is 57.1 Å². The van der Waals surface area contributed by atoms with Crippen molar-refractivity contribution >= 4 is 0 Å². The highest BCUT2D eigenvalue weighted by Gasteiger charge is 2.45. The fourth-order valence-electron chi connectivity index (χ4n) is 9.01. The molecular formula is C45H40N4. The third-order valence-electron chi connectivity index (χ3n) is 10.7. The molecule has 2 unspecified atom stereocenters. The van der Waals surface area contributed by atoms with Crippen LogP contribution in [0.5, 0.6) is 0 Å². The van der Waals surface area contributed by atoms with Gasteiger partial charge < -0.3 is 0 Å². The largest absolute Gasteiger partial charge is 0.208 e. The number of hydrogen-bond acceptors (Lipinski definition) is 4. The van der Waals surface area contributed by atoms with Crippen LogP contribution in [0.25, 0.3) is 56.4 Å². The zero-order chi connectivity index (χ0) is 33.4. The molecule has 2 saturated carbocycles. The van der Waals surface area contributed by atoms with Gasteiger partial charge in [0.05, 0.1) is 11.6 Å². The van der Waals surface area contributed by atoms with Gasteiger partial charge in [-0.2, -0.15) is 5.26 Å². The summed E-state index contributed by atoms with van der Waals surface area (Å²) >= 11 is 0. The van der Waals surface area contributed by atoms with Gasteiger partial charge in [-0.3, -0.25) is 0 Å². The number of rotatable bonds is 6. The summed E-state index contributed by atoms with van der Waals surface area (Å²) in [5.41, 5.74) is 9.39. The SMILES string of the molecule is C[C@@H]1CC2C[C@H](C)CC(c3ccc(-c4nc(-c5ccccc5)nc(-c5ccccc5-c5ccccc5-c5cccc(C#N)c5)n4)cc3)(C2)C1. The van der Waals surface area contributed by atoms with Crippen LogP contribution in [0.15, 0.2) is 127 Å². The highest BCUT2D eigenvalue weighted by atomic mass is 15.0. The molecule has 0 aliphatic heterocycles. The zero-order valence-electron chi connectivity index (χ0n) is 28.2. The first-order valence-corrected chi connectivity index (χ1v) is 17.6. The van der Waals surface area contributed by atoms with Crippen molar-refractivity contribution in [1.82, 2.24) is 15.0 Å². The van der Waals surface area contributed by atoms with Crippen molar-refractivity contribution < 1.29 is 0 Å². The Morgan fingerprint density at radius 3 is 1.71 bits per heavy atom. The minimum absolute atomic E-state index is 0.275. The molecule has 2 fully saturated rings. The maximum Gasteiger partial charge on any atom is 0.164 e. The summed E-state index contributed by atoms with van der Waals surface area (Å²) in [6, 6.07) is 46.1. The second kappa shape index (κ2) is 12.9. The monoisotopic (exact) mass is 636 g/mol. The van der Waals surface area contributed by atoms with Crippen molar-refractivity contribution in [2.45, 2.75) is 51.4 Å². The Morgan fingerprint density at radius 1 is 0.531 bits per heavy atom. The maximum absolute atomic E-state index is 9.60. The van der Waals surface area contributed by atoms with Gasteiger partial charge in [0.25, 0.3) is 0 Å². The summed E-state index contributed by atoms with van der Waals surface area (Å²) < 4.78 is 0. The standard InChI is InChI=1S/C45H40N4/c1-30-23-33-24-31(2)27-45(26-30,28-33)37-21-19-35(20-22-37)43-47-42(34-12-4-3-5-13-34)48-44(49-43)41-18-9-8-17-40(41)39-16-7-6-15-38(39)36-14-10-11-32(25-36)29-46/h3-22,25,30-31,33H,23-24,26-28H2,1-2H3/t30-,31+,33?,45?. The molecule has 4 nitrogen and oxygen atoms in total. The van der Waals surface area contributed by atoms with Crippen LogP contribution in [0.2, 0.25) is 0 Å². The molecule has 2 bridgehead atoms. The molecule has 4 atom stereocenters. The molecular weight excluding hydrogens is 597 g/mol. The third-order valence-corrected chi connectivity index (χ3v) is 10.7. The lowest BCUT2D eigenvalue weighted by atomic mass is 9.54. The Hall–Kier alpha value is -5.40. The third kappa shape index (κ3) is 6.07. The van der Waals surface area contributed by atoms with Crippen LogP contribution < -0.4 is 0 Å². The number of fused-ring (bicyclic) bond motifs is 2. The second-order valence-corrected chi connectivity index (χ2v) is 14.5. The number of hydrogen-bond donors (Lipinski definition) is 0. The topological polar surface area (TPSA) is 62.5 Å². The number of aromatic nitrogens is 3. The van der Waals surface area contributed by atoms with Gasteiger partial charge in [-0.15, -0.1) is 0 Å². The van der Waals surface area contributed by atoms with Crippen LogP contribution in [-0.4, -0.2) is 15.0 Å². The van der Waals surface area contributed by atoms with Gasteiger partial charge in [-0.1, -0.05) is 129 Å². The highest BCUT2D eigenvalue weighted by molar-refractivity contribution is 5.90. The molecule has 1 heterocycles. The van der Waals surface area contributed by atoms with E-state index in [1.165, 1.54) is 37.7 Å². The van der Waals surface area contributed by atoms with Gasteiger partial charge in [-0.25, -0.2) is 15.0 Å². The molecule has 1 aromatic heterocycles. The Bertz CT molecular complexity index is 2140. The lowest BCUT2D eigenvalue weighted by Gasteiger charge is -2.50. The van der Waals surface area contributed by atoms with Gasteiger partial charge in [-0.05, 0) is 95.2 Å². The van der Waals surface area contributed by atoms with E-state index in [0.29, 0.717) is 23.0 Å². The van der Waals surface area contributed by atoms with Gasteiger partial charge >= 0.3 is 0 Å². The van der Waals surface area contributed by atoms with E-state index in [-0.39, 0.29) is 5.41 Å². The summed E-state index contributed by atoms with van der Waals surface area (Å²) in [6.07, 6.45) is 6.62. The molecule has 0 amide bonds. The average Bonchev–Trinajstić information content (AvgIpc) is 3.14. The Labute approximate surface area is 289 Å². The lowest BCUT2D eigenvalue weighted by molar-refractivity contribution is 0.0780. The van der Waals surface area contributed by atoms with Crippen molar-refractivity contribution in [3.05, 3.63) is 139 Å². The predicted octanol–water partition coefficient (Wildman–Crippen LogP) is 11.2. The number of nitrogens with zero attached hydrogens (tertiary/aromatic N) is 4. The predicted molar refractivity (Wildman–Crippen MR) is 198 cm³/mol. The maximum atomic E-state index is 9.60. The van der Waals surface area contributed by atoms with Crippen LogP contribution in [0.3, 0.4) is 0 Å². The summed E-state index contributed by atoms with van der Waals surface area (Å²) in [5, 5.41) is 9.60. The molecule has 0 N–H and O–H groups in total. The van der Waals surface area contributed by atoms with Crippen LogP contribution >= 0.6 is 0 Å². The lowest BCUT2D eigenvalue weighted by Crippen LogP contribution is -2.42. The first kappa shape index (κ1) is 30.9. The van der Waals surface area contributed by atoms with Gasteiger partial charge in [0.15, 0.2) is 17.5 Å². The summed E-state index contributed by atoms with van der Waals surface area (Å²) in [7, 11) is 0. The molecule has 5 aromatic carbocycles. The van der Waals surface area contributed by atoms with Crippen molar-refractivity contribution in [3.63, 3.8) is 0 Å². The van der Waals surface area contributed by atoms with E-state index in [0.717, 1.165) is 56.7 Å². The van der Waals surface area contributed by atoms with Crippen molar-refractivity contribution in [2.75, 3.05) is 0 Å². The van der Waals surface area contributed by atoms with Crippen LogP contribution in [0.4, 0.5) is 0 Å². The van der Waals surface area contributed by atoms with Crippen LogP contribution in [-0.2, 0) is 5.41 Å². The molecule has 0 radical (unpaired) electrons. The molecule has 0 saturated heterocycles. The average molecular weight is 637 g/mol. The molecule has 49 heavy (non-hydrogen) atoms. The fraction of sp³-hybridized carbons (Fsp3) is 0.244. The Balaban J connectivity index is 1.24. The van der Waals surface area contributed by atoms with Gasteiger partial charge in [0, 0.05) is 16.7 Å². The van der Waals surface area contributed by atoms with E-state index in [4.69, 9.17) is 15.0 Å².